The molecular formula is C21H23NO4. The van der Waals surface area contributed by atoms with Gasteiger partial charge in [-0.3, -0.25) is 4.79 Å². The van der Waals surface area contributed by atoms with Gasteiger partial charge in [0.05, 0.1) is 13.2 Å². The molecule has 5 nitrogen and oxygen atoms in total. The lowest BCUT2D eigenvalue weighted by molar-refractivity contribution is 0.0633. The average Bonchev–Trinajstić information content (AvgIpc) is 3.12. The van der Waals surface area contributed by atoms with Crippen molar-refractivity contribution in [1.82, 2.24) is 5.32 Å². The fourth-order valence-electron chi connectivity index (χ4n) is 2.75. The number of hydrogen-bond acceptors (Lipinski definition) is 4. The van der Waals surface area contributed by atoms with Crippen molar-refractivity contribution in [1.29, 1.82) is 0 Å². The van der Waals surface area contributed by atoms with Gasteiger partial charge < -0.3 is 19.2 Å². The standard InChI is InChI=1S/C21H23NO4/c1-15(16-8-4-3-5-9-16)25-13-7-12-22-21(23)19-14-17-10-6-11-18(24-2)20(17)26-19/h3-6,8-11,14-15H,7,12-13H2,1-2H3,(H,22,23). The van der Waals surface area contributed by atoms with Gasteiger partial charge in [-0.15, -0.1) is 0 Å². The van der Waals surface area contributed by atoms with Crippen LogP contribution in [0.1, 0.15) is 35.6 Å². The molecule has 1 aromatic heterocycles. The van der Waals surface area contributed by atoms with Crippen LogP contribution in [-0.4, -0.2) is 26.2 Å². The van der Waals surface area contributed by atoms with E-state index in [9.17, 15) is 4.79 Å². The lowest BCUT2D eigenvalue weighted by Gasteiger charge is -2.13. The molecule has 0 saturated carbocycles. The van der Waals surface area contributed by atoms with E-state index in [2.05, 4.69) is 5.32 Å². The van der Waals surface area contributed by atoms with Crippen LogP contribution in [0.4, 0.5) is 0 Å². The summed E-state index contributed by atoms with van der Waals surface area (Å²) in [4.78, 5) is 12.2. The second kappa shape index (κ2) is 8.54. The van der Waals surface area contributed by atoms with Crippen molar-refractivity contribution in [2.24, 2.45) is 0 Å². The van der Waals surface area contributed by atoms with Gasteiger partial charge in [-0.1, -0.05) is 42.5 Å². The van der Waals surface area contributed by atoms with E-state index in [1.54, 1.807) is 19.2 Å². The van der Waals surface area contributed by atoms with Crippen LogP contribution in [-0.2, 0) is 4.74 Å². The fraction of sp³-hybridized carbons (Fsp3) is 0.286. The first-order chi connectivity index (χ1) is 12.7. The summed E-state index contributed by atoms with van der Waals surface area (Å²) in [6.07, 6.45) is 0.765. The number of benzene rings is 2. The minimum absolute atomic E-state index is 0.0368. The third kappa shape index (κ3) is 4.24. The average molecular weight is 353 g/mol. The molecular weight excluding hydrogens is 330 g/mol. The van der Waals surface area contributed by atoms with Crippen LogP contribution in [0.5, 0.6) is 5.75 Å². The molecule has 1 heterocycles. The molecule has 0 fully saturated rings. The monoisotopic (exact) mass is 353 g/mol. The van der Waals surface area contributed by atoms with Crippen LogP contribution in [0.25, 0.3) is 11.0 Å². The molecule has 3 rings (SSSR count). The Hall–Kier alpha value is -2.79. The Morgan fingerprint density at radius 1 is 1.15 bits per heavy atom. The van der Waals surface area contributed by atoms with Gasteiger partial charge in [-0.2, -0.15) is 0 Å². The summed E-state index contributed by atoms with van der Waals surface area (Å²) in [5.74, 6) is 0.660. The quantitative estimate of drug-likeness (QED) is 0.612. The number of nitrogens with one attached hydrogen (secondary N) is 1. The predicted octanol–water partition coefficient (Wildman–Crippen LogP) is 4.34. The first-order valence-electron chi connectivity index (χ1n) is 8.70. The Morgan fingerprint density at radius 2 is 1.96 bits per heavy atom. The third-order valence-electron chi connectivity index (χ3n) is 4.20. The van der Waals surface area contributed by atoms with Crippen molar-refractivity contribution in [2.45, 2.75) is 19.4 Å². The zero-order chi connectivity index (χ0) is 18.4. The number of methoxy groups -OCH3 is 1. The largest absolute Gasteiger partial charge is 0.493 e. The molecule has 5 heteroatoms. The van der Waals surface area contributed by atoms with Gasteiger partial charge in [0.1, 0.15) is 0 Å². The van der Waals surface area contributed by atoms with Gasteiger partial charge in [0.25, 0.3) is 5.91 Å². The highest BCUT2D eigenvalue weighted by Gasteiger charge is 2.14. The van der Waals surface area contributed by atoms with Gasteiger partial charge in [0.2, 0.25) is 0 Å². The van der Waals surface area contributed by atoms with Crippen LogP contribution in [0.15, 0.2) is 59.0 Å². The molecule has 0 radical (unpaired) electrons. The molecule has 1 N–H and O–H groups in total. The SMILES string of the molecule is COc1cccc2cc(C(=O)NCCCOC(C)c3ccccc3)oc12. The van der Waals surface area contributed by atoms with Crippen LogP contribution in [0, 0.1) is 0 Å². The normalized spacial score (nSPS) is 12.1. The number of furan rings is 1. The maximum atomic E-state index is 12.2. The molecule has 26 heavy (non-hydrogen) atoms. The number of amides is 1. The van der Waals surface area contributed by atoms with E-state index < -0.39 is 0 Å². The second-order valence-electron chi connectivity index (χ2n) is 6.02. The molecule has 0 aliphatic heterocycles. The molecule has 136 valence electrons. The molecule has 0 aliphatic rings. The summed E-state index contributed by atoms with van der Waals surface area (Å²) in [5.41, 5.74) is 1.73. The van der Waals surface area contributed by atoms with E-state index in [0.717, 1.165) is 17.4 Å². The number of carbonyl (C=O) groups excluding carboxylic acids is 1. The second-order valence-corrected chi connectivity index (χ2v) is 6.02. The van der Waals surface area contributed by atoms with E-state index in [-0.39, 0.29) is 17.8 Å². The van der Waals surface area contributed by atoms with Crippen molar-refractivity contribution in [3.63, 3.8) is 0 Å². The number of para-hydroxylation sites is 1. The molecule has 1 amide bonds. The lowest BCUT2D eigenvalue weighted by Crippen LogP contribution is -2.24. The van der Waals surface area contributed by atoms with E-state index in [1.165, 1.54) is 0 Å². The molecule has 1 atom stereocenters. The summed E-state index contributed by atoms with van der Waals surface area (Å²) in [7, 11) is 1.58. The summed E-state index contributed by atoms with van der Waals surface area (Å²) >= 11 is 0. The Labute approximate surface area is 152 Å². The van der Waals surface area contributed by atoms with Crippen molar-refractivity contribution in [2.75, 3.05) is 20.3 Å². The van der Waals surface area contributed by atoms with E-state index in [0.29, 0.717) is 24.5 Å². The molecule has 0 bridgehead atoms. The molecule has 0 spiro atoms. The molecule has 0 saturated heterocycles. The van der Waals surface area contributed by atoms with Crippen LogP contribution >= 0.6 is 0 Å². The fourth-order valence-corrected chi connectivity index (χ4v) is 2.75. The summed E-state index contributed by atoms with van der Waals surface area (Å²) in [5, 5.41) is 3.70. The van der Waals surface area contributed by atoms with Gasteiger partial charge in [0.15, 0.2) is 17.1 Å². The number of rotatable bonds is 8. The van der Waals surface area contributed by atoms with Gasteiger partial charge in [-0.25, -0.2) is 0 Å². The molecule has 1 unspecified atom stereocenters. The first kappa shape index (κ1) is 18.0. The van der Waals surface area contributed by atoms with Crippen LogP contribution in [0.3, 0.4) is 0 Å². The van der Waals surface area contributed by atoms with Crippen LogP contribution in [0.2, 0.25) is 0 Å². The van der Waals surface area contributed by atoms with Crippen molar-refractivity contribution < 1.29 is 18.7 Å². The number of ether oxygens (including phenoxy) is 2. The Kier molecular flexibility index (Phi) is 5.92. The lowest BCUT2D eigenvalue weighted by atomic mass is 10.1. The highest BCUT2D eigenvalue weighted by Crippen LogP contribution is 2.28. The van der Waals surface area contributed by atoms with E-state index in [4.69, 9.17) is 13.9 Å². The minimum atomic E-state index is -0.237. The van der Waals surface area contributed by atoms with Gasteiger partial charge >= 0.3 is 0 Å². The summed E-state index contributed by atoms with van der Waals surface area (Å²) in [6, 6.07) is 17.3. The van der Waals surface area contributed by atoms with E-state index in [1.807, 2.05) is 49.4 Å². The maximum Gasteiger partial charge on any atom is 0.287 e. The third-order valence-corrected chi connectivity index (χ3v) is 4.20. The van der Waals surface area contributed by atoms with Crippen molar-refractivity contribution in [3.05, 3.63) is 65.9 Å². The minimum Gasteiger partial charge on any atom is -0.493 e. The smallest absolute Gasteiger partial charge is 0.287 e. The topological polar surface area (TPSA) is 60.7 Å². The molecule has 0 aliphatic carbocycles. The van der Waals surface area contributed by atoms with Crippen molar-refractivity contribution in [3.8, 4) is 5.75 Å². The zero-order valence-corrected chi connectivity index (χ0v) is 15.0. The first-order valence-corrected chi connectivity index (χ1v) is 8.70. The van der Waals surface area contributed by atoms with Crippen LogP contribution < -0.4 is 10.1 Å². The summed E-state index contributed by atoms with van der Waals surface area (Å²) < 4.78 is 16.7. The molecule has 2 aromatic carbocycles. The molecule has 3 aromatic rings. The Bertz CT molecular complexity index is 857. The highest BCUT2D eigenvalue weighted by atomic mass is 16.5. The van der Waals surface area contributed by atoms with Gasteiger partial charge in [0, 0.05) is 18.5 Å². The highest BCUT2D eigenvalue weighted by molar-refractivity contribution is 5.97. The number of hydrogen-bond donors (Lipinski definition) is 1. The van der Waals surface area contributed by atoms with E-state index >= 15 is 0 Å². The van der Waals surface area contributed by atoms with Gasteiger partial charge in [-0.05, 0) is 31.0 Å². The number of fused-ring (bicyclic) bond motifs is 1. The zero-order valence-electron chi connectivity index (χ0n) is 15.0. The number of carbonyl (C=O) groups is 1. The summed E-state index contributed by atoms with van der Waals surface area (Å²) in [6.45, 7) is 3.12. The predicted molar refractivity (Wildman–Crippen MR) is 101 cm³/mol. The van der Waals surface area contributed by atoms with Crippen molar-refractivity contribution >= 4 is 16.9 Å². The Morgan fingerprint density at radius 3 is 2.73 bits per heavy atom. The maximum absolute atomic E-state index is 12.2. The Balaban J connectivity index is 1.46.